The number of ether oxygens (including phenoxy) is 2. The Morgan fingerprint density at radius 1 is 1.14 bits per heavy atom. The highest BCUT2D eigenvalue weighted by Gasteiger charge is 2.47. The number of hydrogen-bond donors (Lipinski definition) is 3. The lowest BCUT2D eigenvalue weighted by Gasteiger charge is -2.26. The topological polar surface area (TPSA) is 96.2 Å². The Hall–Kier alpha value is -0.950. The molecule has 6 heteroatoms. The standard InChI is InChI=1S/C15H24O6/c16-11-9-12(17)14(15-20-7-8-21-15)10(11)5-3-1-2-4-6-13(18)19/h1,3,10-12,14-17H,2,4-9H2,(H,18,19)/b3-1-/t10-,11-,12+,14+/m0/s1. The highest BCUT2D eigenvalue weighted by Crippen LogP contribution is 2.39. The molecule has 6 nitrogen and oxygen atoms in total. The van der Waals surface area contributed by atoms with Crippen LogP contribution in [0.1, 0.15) is 32.1 Å². The van der Waals surface area contributed by atoms with Gasteiger partial charge in [-0.05, 0) is 31.6 Å². The third kappa shape index (κ3) is 4.51. The van der Waals surface area contributed by atoms with Gasteiger partial charge < -0.3 is 24.8 Å². The number of rotatable bonds is 7. The number of hydrogen-bond acceptors (Lipinski definition) is 5. The van der Waals surface area contributed by atoms with Crippen molar-refractivity contribution in [2.45, 2.75) is 50.6 Å². The van der Waals surface area contributed by atoms with E-state index in [9.17, 15) is 15.0 Å². The average Bonchev–Trinajstić information content (AvgIpc) is 3.02. The van der Waals surface area contributed by atoms with Crippen molar-refractivity contribution in [3.8, 4) is 0 Å². The third-order valence-corrected chi connectivity index (χ3v) is 4.21. The largest absolute Gasteiger partial charge is 0.481 e. The highest BCUT2D eigenvalue weighted by atomic mass is 16.7. The minimum atomic E-state index is -0.784. The summed E-state index contributed by atoms with van der Waals surface area (Å²) in [5.41, 5.74) is 0. The van der Waals surface area contributed by atoms with Crippen molar-refractivity contribution >= 4 is 5.97 Å². The number of carbonyl (C=O) groups is 1. The van der Waals surface area contributed by atoms with Gasteiger partial charge in [-0.15, -0.1) is 0 Å². The fourth-order valence-electron chi connectivity index (χ4n) is 3.16. The summed E-state index contributed by atoms with van der Waals surface area (Å²) in [4.78, 5) is 10.4. The predicted octanol–water partition coefficient (Wildman–Crippen LogP) is 0.918. The van der Waals surface area contributed by atoms with Gasteiger partial charge in [-0.2, -0.15) is 0 Å². The zero-order valence-electron chi connectivity index (χ0n) is 12.1. The van der Waals surface area contributed by atoms with Gasteiger partial charge in [-0.1, -0.05) is 12.2 Å². The quantitative estimate of drug-likeness (QED) is 0.478. The Bertz CT molecular complexity index is 363. The van der Waals surface area contributed by atoms with Crippen molar-refractivity contribution in [2.75, 3.05) is 13.2 Å². The van der Waals surface area contributed by atoms with Crippen molar-refractivity contribution < 1.29 is 29.6 Å². The van der Waals surface area contributed by atoms with E-state index in [0.29, 0.717) is 38.9 Å². The van der Waals surface area contributed by atoms with Crippen LogP contribution in [0.4, 0.5) is 0 Å². The van der Waals surface area contributed by atoms with Crippen molar-refractivity contribution in [1.29, 1.82) is 0 Å². The molecule has 0 aromatic carbocycles. The summed E-state index contributed by atoms with van der Waals surface area (Å²) >= 11 is 0. The number of aliphatic hydroxyl groups is 2. The SMILES string of the molecule is O=C(O)CCC/C=C\C[C@@H]1[C@@H](C2OCCO2)[C@H](O)C[C@@H]1O. The van der Waals surface area contributed by atoms with Gasteiger partial charge in [0.2, 0.25) is 0 Å². The molecule has 0 amide bonds. The molecule has 1 aliphatic carbocycles. The number of allylic oxidation sites excluding steroid dienone is 2. The zero-order chi connectivity index (χ0) is 15.2. The van der Waals surface area contributed by atoms with Crippen LogP contribution < -0.4 is 0 Å². The molecule has 1 aliphatic heterocycles. The first kappa shape index (κ1) is 16.4. The molecule has 2 fully saturated rings. The summed E-state index contributed by atoms with van der Waals surface area (Å²) in [7, 11) is 0. The molecule has 0 spiro atoms. The molecule has 4 atom stereocenters. The van der Waals surface area contributed by atoms with Crippen LogP contribution in [0.5, 0.6) is 0 Å². The molecule has 120 valence electrons. The van der Waals surface area contributed by atoms with Crippen molar-refractivity contribution in [1.82, 2.24) is 0 Å². The zero-order valence-corrected chi connectivity index (χ0v) is 12.1. The van der Waals surface area contributed by atoms with Crippen molar-refractivity contribution in [3.05, 3.63) is 12.2 Å². The van der Waals surface area contributed by atoms with Crippen LogP contribution in [0.3, 0.4) is 0 Å². The summed E-state index contributed by atoms with van der Waals surface area (Å²) < 4.78 is 10.9. The maximum Gasteiger partial charge on any atom is 0.303 e. The molecule has 0 bridgehead atoms. The second kappa shape index (κ2) is 7.89. The van der Waals surface area contributed by atoms with Gasteiger partial charge >= 0.3 is 5.97 Å². The molecule has 0 radical (unpaired) electrons. The van der Waals surface area contributed by atoms with Gasteiger partial charge in [0.1, 0.15) is 0 Å². The first-order valence-electron chi connectivity index (χ1n) is 7.55. The van der Waals surface area contributed by atoms with E-state index in [1.807, 2.05) is 12.2 Å². The lowest BCUT2D eigenvalue weighted by atomic mass is 9.89. The van der Waals surface area contributed by atoms with E-state index < -0.39 is 24.5 Å². The van der Waals surface area contributed by atoms with Crippen LogP contribution in [0.15, 0.2) is 12.2 Å². The summed E-state index contributed by atoms with van der Waals surface area (Å²) in [5, 5.41) is 28.7. The van der Waals surface area contributed by atoms with E-state index in [4.69, 9.17) is 14.6 Å². The number of aliphatic carboxylic acids is 1. The van der Waals surface area contributed by atoms with Crippen LogP contribution in [-0.4, -0.2) is 53.0 Å². The van der Waals surface area contributed by atoms with Gasteiger partial charge in [0, 0.05) is 12.3 Å². The maximum atomic E-state index is 10.4. The highest BCUT2D eigenvalue weighted by molar-refractivity contribution is 5.66. The summed E-state index contributed by atoms with van der Waals surface area (Å²) in [6.45, 7) is 1.06. The molecule has 0 aromatic heterocycles. The average molecular weight is 300 g/mol. The molecule has 0 unspecified atom stereocenters. The molecular weight excluding hydrogens is 276 g/mol. The number of unbranched alkanes of at least 4 members (excludes halogenated alkanes) is 1. The van der Waals surface area contributed by atoms with Gasteiger partial charge in [0.15, 0.2) is 6.29 Å². The normalized spacial score (nSPS) is 34.0. The monoisotopic (exact) mass is 300 g/mol. The van der Waals surface area contributed by atoms with Crippen molar-refractivity contribution in [3.63, 3.8) is 0 Å². The fourth-order valence-corrected chi connectivity index (χ4v) is 3.16. The minimum absolute atomic E-state index is 0.0844. The Labute approximate surface area is 124 Å². The Morgan fingerprint density at radius 2 is 1.86 bits per heavy atom. The smallest absolute Gasteiger partial charge is 0.303 e. The van der Waals surface area contributed by atoms with Crippen LogP contribution >= 0.6 is 0 Å². The first-order chi connectivity index (χ1) is 10.1. The molecule has 2 aliphatic rings. The second-order valence-electron chi connectivity index (χ2n) is 5.71. The molecule has 21 heavy (non-hydrogen) atoms. The fraction of sp³-hybridized carbons (Fsp3) is 0.800. The van der Waals surface area contributed by atoms with Gasteiger partial charge in [-0.3, -0.25) is 4.79 Å². The van der Waals surface area contributed by atoms with Gasteiger partial charge in [0.05, 0.1) is 25.4 Å². The van der Waals surface area contributed by atoms with Crippen LogP contribution in [0.2, 0.25) is 0 Å². The van der Waals surface area contributed by atoms with E-state index in [2.05, 4.69) is 0 Å². The van der Waals surface area contributed by atoms with E-state index in [0.717, 1.165) is 0 Å². The lowest BCUT2D eigenvalue weighted by Crippen LogP contribution is -2.34. The summed E-state index contributed by atoms with van der Waals surface area (Å²) in [5.74, 6) is -1.07. The van der Waals surface area contributed by atoms with Crippen LogP contribution in [0, 0.1) is 11.8 Å². The second-order valence-corrected chi connectivity index (χ2v) is 5.71. The third-order valence-electron chi connectivity index (χ3n) is 4.21. The van der Waals surface area contributed by atoms with Gasteiger partial charge in [0.25, 0.3) is 0 Å². The molecule has 3 N–H and O–H groups in total. The molecular formula is C15H24O6. The van der Waals surface area contributed by atoms with E-state index in [1.165, 1.54) is 0 Å². The maximum absolute atomic E-state index is 10.4. The molecule has 1 heterocycles. The minimum Gasteiger partial charge on any atom is -0.481 e. The molecule has 1 saturated carbocycles. The molecule has 2 rings (SSSR count). The van der Waals surface area contributed by atoms with E-state index in [-0.39, 0.29) is 18.3 Å². The van der Waals surface area contributed by atoms with Crippen molar-refractivity contribution in [2.24, 2.45) is 11.8 Å². The summed E-state index contributed by atoms with van der Waals surface area (Å²) in [6.07, 6.45) is 4.78. The number of aliphatic hydroxyl groups excluding tert-OH is 2. The Morgan fingerprint density at radius 3 is 2.52 bits per heavy atom. The molecule has 1 saturated heterocycles. The van der Waals surface area contributed by atoms with Crippen LogP contribution in [0.25, 0.3) is 0 Å². The predicted molar refractivity (Wildman–Crippen MR) is 74.5 cm³/mol. The molecule has 0 aromatic rings. The number of carboxylic acid groups (broad SMARTS) is 1. The summed E-state index contributed by atoms with van der Waals surface area (Å²) in [6, 6.07) is 0. The lowest BCUT2D eigenvalue weighted by molar-refractivity contribution is -0.137. The Kier molecular flexibility index (Phi) is 6.17. The first-order valence-corrected chi connectivity index (χ1v) is 7.55. The number of carboxylic acids is 1. The van der Waals surface area contributed by atoms with E-state index >= 15 is 0 Å². The Balaban J connectivity index is 1.81. The van der Waals surface area contributed by atoms with E-state index in [1.54, 1.807) is 0 Å². The van der Waals surface area contributed by atoms with Gasteiger partial charge in [-0.25, -0.2) is 0 Å². The van der Waals surface area contributed by atoms with Crippen LogP contribution in [-0.2, 0) is 14.3 Å².